The van der Waals surface area contributed by atoms with E-state index in [0.717, 1.165) is 41.6 Å². The molecule has 0 spiro atoms. The van der Waals surface area contributed by atoms with Crippen molar-refractivity contribution in [1.29, 1.82) is 0 Å². The SMILES string of the molecule is CCC(=O)N[C@@H]1CCCc2c(-c3ccc4c(c3)N(C)C(=C=O)O4)cncc21. The Morgan fingerprint density at radius 1 is 1.41 bits per heavy atom. The van der Waals surface area contributed by atoms with Crippen molar-refractivity contribution in [3.63, 3.8) is 0 Å². The summed E-state index contributed by atoms with van der Waals surface area (Å²) in [4.78, 5) is 29.0. The van der Waals surface area contributed by atoms with Crippen LogP contribution < -0.4 is 15.0 Å². The van der Waals surface area contributed by atoms with Crippen molar-refractivity contribution in [2.24, 2.45) is 0 Å². The molecule has 1 aliphatic heterocycles. The molecule has 0 saturated heterocycles. The zero-order valence-electron chi connectivity index (χ0n) is 15.4. The minimum Gasteiger partial charge on any atom is -0.429 e. The van der Waals surface area contributed by atoms with Crippen LogP contribution in [0.5, 0.6) is 5.75 Å². The number of pyridine rings is 1. The highest BCUT2D eigenvalue weighted by Crippen LogP contribution is 2.42. The van der Waals surface area contributed by atoms with Crippen molar-refractivity contribution in [3.8, 4) is 16.9 Å². The predicted molar refractivity (Wildman–Crippen MR) is 102 cm³/mol. The highest BCUT2D eigenvalue weighted by Gasteiger charge is 2.27. The van der Waals surface area contributed by atoms with Gasteiger partial charge in [0.05, 0.1) is 11.7 Å². The van der Waals surface area contributed by atoms with E-state index in [4.69, 9.17) is 4.74 Å². The van der Waals surface area contributed by atoms with Crippen LogP contribution in [0.4, 0.5) is 5.69 Å². The second-order valence-corrected chi connectivity index (χ2v) is 6.87. The minimum absolute atomic E-state index is 0.0127. The van der Waals surface area contributed by atoms with Crippen LogP contribution in [0, 0.1) is 0 Å². The third-order valence-corrected chi connectivity index (χ3v) is 5.27. The number of aromatic nitrogens is 1. The zero-order valence-corrected chi connectivity index (χ0v) is 15.4. The van der Waals surface area contributed by atoms with E-state index in [1.807, 2.05) is 43.5 Å². The van der Waals surface area contributed by atoms with Gasteiger partial charge in [0.2, 0.25) is 5.91 Å². The molecule has 1 aliphatic carbocycles. The van der Waals surface area contributed by atoms with Crippen molar-refractivity contribution in [3.05, 3.63) is 47.6 Å². The number of carbonyl (C=O) groups is 1. The fourth-order valence-electron chi connectivity index (χ4n) is 3.82. The summed E-state index contributed by atoms with van der Waals surface area (Å²) in [6, 6.07) is 5.86. The Hall–Kier alpha value is -3.11. The van der Waals surface area contributed by atoms with Crippen LogP contribution in [0.15, 0.2) is 36.5 Å². The number of nitrogens with one attached hydrogen (secondary N) is 1. The number of anilines is 1. The van der Waals surface area contributed by atoms with Crippen LogP contribution in [0.2, 0.25) is 0 Å². The maximum Gasteiger partial charge on any atom is 0.287 e. The molecule has 2 aromatic rings. The number of hydrogen-bond acceptors (Lipinski definition) is 5. The molecule has 1 atom stereocenters. The maximum absolute atomic E-state index is 11.9. The molecule has 138 valence electrons. The van der Waals surface area contributed by atoms with Gasteiger partial charge in [0.25, 0.3) is 5.88 Å². The smallest absolute Gasteiger partial charge is 0.287 e. The third kappa shape index (κ3) is 2.98. The van der Waals surface area contributed by atoms with E-state index in [1.54, 1.807) is 11.9 Å². The lowest BCUT2D eigenvalue weighted by molar-refractivity contribution is -0.121. The number of hydrogen-bond donors (Lipinski definition) is 1. The highest BCUT2D eigenvalue weighted by molar-refractivity contribution is 5.80. The van der Waals surface area contributed by atoms with Gasteiger partial charge in [0.1, 0.15) is 0 Å². The van der Waals surface area contributed by atoms with Gasteiger partial charge in [-0.1, -0.05) is 13.0 Å². The number of benzene rings is 1. The molecule has 0 saturated carbocycles. The third-order valence-electron chi connectivity index (χ3n) is 5.27. The first-order chi connectivity index (χ1) is 13.1. The van der Waals surface area contributed by atoms with E-state index < -0.39 is 0 Å². The van der Waals surface area contributed by atoms with Crippen molar-refractivity contribution in [1.82, 2.24) is 10.3 Å². The molecular formula is C21H21N3O3. The van der Waals surface area contributed by atoms with Gasteiger partial charge in [0, 0.05) is 31.4 Å². The second-order valence-electron chi connectivity index (χ2n) is 6.87. The van der Waals surface area contributed by atoms with Crippen LogP contribution in [0.1, 0.15) is 43.4 Å². The Bertz CT molecular complexity index is 963. The molecule has 2 aliphatic rings. The van der Waals surface area contributed by atoms with Crippen LogP contribution in [-0.4, -0.2) is 23.9 Å². The summed E-state index contributed by atoms with van der Waals surface area (Å²) in [7, 11) is 1.78. The van der Waals surface area contributed by atoms with Crippen LogP contribution in [0.25, 0.3) is 11.1 Å². The minimum atomic E-state index is 0.0127. The highest BCUT2D eigenvalue weighted by atomic mass is 16.5. The van der Waals surface area contributed by atoms with Gasteiger partial charge in [-0.2, -0.15) is 0 Å². The van der Waals surface area contributed by atoms with Gasteiger partial charge in [-0.25, -0.2) is 4.79 Å². The van der Waals surface area contributed by atoms with E-state index >= 15 is 0 Å². The molecule has 4 rings (SSSR count). The van der Waals surface area contributed by atoms with Gasteiger partial charge in [-0.3, -0.25) is 9.78 Å². The lowest BCUT2D eigenvalue weighted by Gasteiger charge is -2.27. The van der Waals surface area contributed by atoms with Gasteiger partial charge >= 0.3 is 0 Å². The van der Waals surface area contributed by atoms with Crippen molar-refractivity contribution in [2.45, 2.75) is 38.6 Å². The monoisotopic (exact) mass is 363 g/mol. The summed E-state index contributed by atoms with van der Waals surface area (Å²) >= 11 is 0. The number of rotatable bonds is 3. The summed E-state index contributed by atoms with van der Waals surface area (Å²) in [6.45, 7) is 1.86. The first-order valence-electron chi connectivity index (χ1n) is 9.19. The molecule has 0 bridgehead atoms. The largest absolute Gasteiger partial charge is 0.429 e. The van der Waals surface area contributed by atoms with Crippen molar-refractivity contribution >= 4 is 17.5 Å². The molecule has 1 aromatic carbocycles. The fourth-order valence-corrected chi connectivity index (χ4v) is 3.82. The van der Waals surface area contributed by atoms with E-state index in [9.17, 15) is 9.59 Å². The fraction of sp³-hybridized carbons (Fsp3) is 0.333. The number of amides is 1. The zero-order chi connectivity index (χ0) is 19.0. The topological polar surface area (TPSA) is 71.5 Å². The van der Waals surface area contributed by atoms with Crippen LogP contribution in [-0.2, 0) is 16.0 Å². The summed E-state index contributed by atoms with van der Waals surface area (Å²) in [5.74, 6) is 2.68. The van der Waals surface area contributed by atoms with E-state index in [-0.39, 0.29) is 17.8 Å². The quantitative estimate of drug-likeness (QED) is 0.848. The summed E-state index contributed by atoms with van der Waals surface area (Å²) < 4.78 is 5.50. The summed E-state index contributed by atoms with van der Waals surface area (Å²) in [6.07, 6.45) is 7.12. The Morgan fingerprint density at radius 2 is 2.26 bits per heavy atom. The molecule has 1 amide bonds. The Balaban J connectivity index is 1.75. The molecule has 6 heteroatoms. The maximum atomic E-state index is 11.9. The molecule has 2 heterocycles. The second kappa shape index (κ2) is 6.89. The van der Waals surface area contributed by atoms with Crippen molar-refractivity contribution < 1.29 is 14.3 Å². The van der Waals surface area contributed by atoms with Crippen LogP contribution >= 0.6 is 0 Å². The molecule has 6 nitrogen and oxygen atoms in total. The van der Waals surface area contributed by atoms with E-state index in [1.165, 1.54) is 5.56 Å². The molecular weight excluding hydrogens is 342 g/mol. The standard InChI is InChI=1S/C21H21N3O3/c1-3-20(26)23-17-6-4-5-14-15(10-22-11-16(14)17)13-7-8-19-18(9-13)24(2)21(12-25)27-19/h7-11,17H,3-6H2,1-2H3,(H,23,26)/t17-/m1/s1. The predicted octanol–water partition coefficient (Wildman–Crippen LogP) is 3.15. The van der Waals surface area contributed by atoms with E-state index in [2.05, 4.69) is 10.3 Å². The van der Waals surface area contributed by atoms with Crippen LogP contribution in [0.3, 0.4) is 0 Å². The first-order valence-corrected chi connectivity index (χ1v) is 9.19. The Labute approximate surface area is 157 Å². The van der Waals surface area contributed by atoms with Gasteiger partial charge < -0.3 is 15.0 Å². The summed E-state index contributed by atoms with van der Waals surface area (Å²) in [5.41, 5.74) is 5.23. The van der Waals surface area contributed by atoms with Crippen molar-refractivity contribution in [2.75, 3.05) is 11.9 Å². The Kier molecular flexibility index (Phi) is 4.42. The van der Waals surface area contributed by atoms with Gasteiger partial charge in [0.15, 0.2) is 11.7 Å². The number of ether oxygens (including phenoxy) is 1. The molecule has 1 aromatic heterocycles. The van der Waals surface area contributed by atoms with E-state index in [0.29, 0.717) is 12.2 Å². The lowest BCUT2D eigenvalue weighted by atomic mass is 9.84. The molecule has 0 radical (unpaired) electrons. The number of carbonyl (C=O) groups excluding carboxylic acids is 2. The van der Waals surface area contributed by atoms with Gasteiger partial charge in [-0.15, -0.1) is 0 Å². The summed E-state index contributed by atoms with van der Waals surface area (Å²) in [5, 5.41) is 3.11. The lowest BCUT2D eigenvalue weighted by Crippen LogP contribution is -2.30. The average molecular weight is 363 g/mol. The molecule has 27 heavy (non-hydrogen) atoms. The van der Waals surface area contributed by atoms with Gasteiger partial charge in [-0.05, 0) is 48.1 Å². The number of fused-ring (bicyclic) bond motifs is 2. The average Bonchev–Trinajstić information content (AvgIpc) is 3.03. The normalized spacial score (nSPS) is 17.6. The number of nitrogens with zero attached hydrogens (tertiary/aromatic N) is 2. The molecule has 0 fully saturated rings. The first kappa shape index (κ1) is 17.3. The molecule has 0 unspecified atom stereocenters. The Morgan fingerprint density at radius 3 is 3.04 bits per heavy atom. The molecule has 1 N–H and O–H groups in total.